The molecule has 1 aliphatic rings. The first-order valence-electron chi connectivity index (χ1n) is 9.33. The molecule has 0 N–H and O–H groups in total. The van der Waals surface area contributed by atoms with Gasteiger partial charge in [-0.15, -0.1) is 0 Å². The molecule has 0 saturated carbocycles. The molecule has 0 spiro atoms. The average molecular weight is 316 g/mol. The Balaban J connectivity index is 1.58. The zero-order valence-electron chi connectivity index (χ0n) is 14.7. The van der Waals surface area contributed by atoms with Crippen LogP contribution in [0.4, 0.5) is 0 Å². The monoisotopic (exact) mass is 316 g/mol. The van der Waals surface area contributed by atoms with Gasteiger partial charge in [0.2, 0.25) is 5.91 Å². The van der Waals surface area contributed by atoms with Crippen LogP contribution in [0.15, 0.2) is 30.3 Å². The van der Waals surface area contributed by atoms with Crippen LogP contribution in [0.2, 0.25) is 0 Å². The molecule has 1 saturated heterocycles. The molecule has 1 amide bonds. The van der Waals surface area contributed by atoms with Crippen LogP contribution in [0, 0.1) is 0 Å². The average Bonchev–Trinajstić information content (AvgIpc) is 2.61. The molecular weight excluding hydrogens is 284 g/mol. The summed E-state index contributed by atoms with van der Waals surface area (Å²) in [5.41, 5.74) is 1.40. The van der Waals surface area contributed by atoms with Gasteiger partial charge in [-0.25, -0.2) is 0 Å². The highest BCUT2D eigenvalue weighted by molar-refractivity contribution is 5.76. The van der Waals surface area contributed by atoms with Crippen LogP contribution in [0.5, 0.6) is 0 Å². The maximum absolute atomic E-state index is 12.2. The maximum atomic E-state index is 12.2. The zero-order chi connectivity index (χ0) is 16.3. The van der Waals surface area contributed by atoms with E-state index in [4.69, 9.17) is 0 Å². The molecule has 3 heteroatoms. The number of amides is 1. The molecule has 1 aromatic carbocycles. The van der Waals surface area contributed by atoms with Gasteiger partial charge in [0.1, 0.15) is 0 Å². The van der Waals surface area contributed by atoms with Gasteiger partial charge >= 0.3 is 0 Å². The van der Waals surface area contributed by atoms with Gasteiger partial charge in [-0.3, -0.25) is 9.69 Å². The summed E-state index contributed by atoms with van der Waals surface area (Å²) in [6, 6.07) is 10.7. The van der Waals surface area contributed by atoms with Gasteiger partial charge in [-0.2, -0.15) is 0 Å². The van der Waals surface area contributed by atoms with Crippen LogP contribution in [0.25, 0.3) is 0 Å². The molecule has 0 aliphatic carbocycles. The topological polar surface area (TPSA) is 23.6 Å². The van der Waals surface area contributed by atoms with Crippen LogP contribution in [0.1, 0.15) is 51.0 Å². The highest BCUT2D eigenvalue weighted by Gasteiger charge is 2.20. The van der Waals surface area contributed by atoms with E-state index in [0.29, 0.717) is 5.91 Å². The molecule has 0 radical (unpaired) electrons. The summed E-state index contributed by atoms with van der Waals surface area (Å²) in [6.45, 7) is 7.18. The Hall–Kier alpha value is -1.35. The molecule has 1 aliphatic heterocycles. The third-order valence-corrected chi connectivity index (χ3v) is 4.78. The first kappa shape index (κ1) is 18.0. The minimum atomic E-state index is 0.365. The Morgan fingerprint density at radius 1 is 0.957 bits per heavy atom. The lowest BCUT2D eigenvalue weighted by molar-refractivity contribution is -0.133. The summed E-state index contributed by atoms with van der Waals surface area (Å²) in [5, 5.41) is 0. The summed E-state index contributed by atoms with van der Waals surface area (Å²) in [7, 11) is 0. The molecule has 0 bridgehead atoms. The Morgan fingerprint density at radius 3 is 2.35 bits per heavy atom. The van der Waals surface area contributed by atoms with Crippen molar-refractivity contribution in [2.24, 2.45) is 0 Å². The van der Waals surface area contributed by atoms with Crippen molar-refractivity contribution in [3.63, 3.8) is 0 Å². The Labute approximate surface area is 141 Å². The van der Waals surface area contributed by atoms with Gasteiger partial charge < -0.3 is 4.90 Å². The predicted octanol–water partition coefficient (Wildman–Crippen LogP) is 3.73. The lowest BCUT2D eigenvalue weighted by atomic mass is 10.1. The summed E-state index contributed by atoms with van der Waals surface area (Å²) < 4.78 is 0. The van der Waals surface area contributed by atoms with Crippen molar-refractivity contribution >= 4 is 5.91 Å². The van der Waals surface area contributed by atoms with E-state index in [-0.39, 0.29) is 0 Å². The minimum absolute atomic E-state index is 0.365. The summed E-state index contributed by atoms with van der Waals surface area (Å²) in [5.74, 6) is 0.365. The smallest absolute Gasteiger partial charge is 0.222 e. The van der Waals surface area contributed by atoms with Crippen molar-refractivity contribution in [2.45, 2.75) is 51.9 Å². The predicted molar refractivity (Wildman–Crippen MR) is 96.5 cm³/mol. The van der Waals surface area contributed by atoms with Crippen molar-refractivity contribution in [2.75, 3.05) is 32.7 Å². The Morgan fingerprint density at radius 2 is 1.65 bits per heavy atom. The van der Waals surface area contributed by atoms with Crippen LogP contribution >= 0.6 is 0 Å². The fourth-order valence-electron chi connectivity index (χ4n) is 3.19. The fourth-order valence-corrected chi connectivity index (χ4v) is 3.19. The second-order valence-electron chi connectivity index (χ2n) is 6.62. The molecule has 1 heterocycles. The molecule has 2 rings (SSSR count). The van der Waals surface area contributed by atoms with Gasteiger partial charge in [0.05, 0.1) is 0 Å². The number of hydrogen-bond donors (Lipinski definition) is 0. The molecule has 1 aromatic rings. The van der Waals surface area contributed by atoms with E-state index in [1.165, 1.54) is 31.2 Å². The molecule has 128 valence electrons. The molecule has 0 unspecified atom stereocenters. The van der Waals surface area contributed by atoms with Crippen molar-refractivity contribution < 1.29 is 4.79 Å². The van der Waals surface area contributed by atoms with Gasteiger partial charge in [0.15, 0.2) is 0 Å². The summed E-state index contributed by atoms with van der Waals surface area (Å²) >= 11 is 0. The van der Waals surface area contributed by atoms with Crippen LogP contribution < -0.4 is 0 Å². The van der Waals surface area contributed by atoms with Crippen molar-refractivity contribution in [1.29, 1.82) is 0 Å². The van der Waals surface area contributed by atoms with E-state index in [0.717, 1.165) is 52.0 Å². The number of hydrogen-bond acceptors (Lipinski definition) is 2. The van der Waals surface area contributed by atoms with Gasteiger partial charge in [-0.05, 0) is 18.4 Å². The van der Waals surface area contributed by atoms with Gasteiger partial charge in [0, 0.05) is 39.1 Å². The molecule has 3 nitrogen and oxygen atoms in total. The van der Waals surface area contributed by atoms with Crippen LogP contribution in [0.3, 0.4) is 0 Å². The van der Waals surface area contributed by atoms with Crippen molar-refractivity contribution in [3.8, 4) is 0 Å². The first-order valence-corrected chi connectivity index (χ1v) is 9.33. The lowest BCUT2D eigenvalue weighted by Gasteiger charge is -2.34. The number of carbonyl (C=O) groups is 1. The highest BCUT2D eigenvalue weighted by atomic mass is 16.2. The first-order chi connectivity index (χ1) is 11.3. The fraction of sp³-hybridized carbons (Fsp3) is 0.650. The van der Waals surface area contributed by atoms with Crippen molar-refractivity contribution in [1.82, 2.24) is 9.80 Å². The number of nitrogens with zero attached hydrogens (tertiary/aromatic N) is 2. The number of unbranched alkanes of at least 4 members (excludes halogenated alkanes) is 4. The van der Waals surface area contributed by atoms with E-state index in [2.05, 4.69) is 47.1 Å². The SMILES string of the molecule is CCCCCCCC(=O)N1CCN(CCc2ccccc2)CC1. The second-order valence-corrected chi connectivity index (χ2v) is 6.62. The molecule has 0 aromatic heterocycles. The van der Waals surface area contributed by atoms with Crippen LogP contribution in [-0.2, 0) is 11.2 Å². The minimum Gasteiger partial charge on any atom is -0.340 e. The van der Waals surface area contributed by atoms with Gasteiger partial charge in [0.25, 0.3) is 0 Å². The lowest BCUT2D eigenvalue weighted by Crippen LogP contribution is -2.49. The van der Waals surface area contributed by atoms with Crippen LogP contribution in [-0.4, -0.2) is 48.4 Å². The highest BCUT2D eigenvalue weighted by Crippen LogP contribution is 2.10. The summed E-state index contributed by atoms with van der Waals surface area (Å²) in [4.78, 5) is 16.8. The number of piperazine rings is 1. The quantitative estimate of drug-likeness (QED) is 0.648. The zero-order valence-corrected chi connectivity index (χ0v) is 14.7. The second kappa shape index (κ2) is 10.4. The van der Waals surface area contributed by atoms with E-state index in [9.17, 15) is 4.79 Å². The van der Waals surface area contributed by atoms with E-state index >= 15 is 0 Å². The number of rotatable bonds is 9. The normalized spacial score (nSPS) is 15.8. The Bertz CT molecular complexity index is 438. The van der Waals surface area contributed by atoms with E-state index in [1.807, 2.05) is 0 Å². The molecule has 1 fully saturated rings. The van der Waals surface area contributed by atoms with Gasteiger partial charge in [-0.1, -0.05) is 62.9 Å². The maximum Gasteiger partial charge on any atom is 0.222 e. The Kier molecular flexibility index (Phi) is 8.16. The van der Waals surface area contributed by atoms with E-state index < -0.39 is 0 Å². The standard InChI is InChI=1S/C20H32N2O/c1-2-3-4-5-9-12-20(23)22-17-15-21(16-18-22)14-13-19-10-7-6-8-11-19/h6-8,10-11H,2-5,9,12-18H2,1H3. The van der Waals surface area contributed by atoms with E-state index in [1.54, 1.807) is 0 Å². The summed E-state index contributed by atoms with van der Waals surface area (Å²) in [6.07, 6.45) is 7.95. The third-order valence-electron chi connectivity index (χ3n) is 4.78. The molecule has 0 atom stereocenters. The molecular formula is C20H32N2O. The third kappa shape index (κ3) is 6.74. The number of carbonyl (C=O) groups excluding carboxylic acids is 1. The number of benzene rings is 1. The molecule has 23 heavy (non-hydrogen) atoms. The van der Waals surface area contributed by atoms with Crippen molar-refractivity contribution in [3.05, 3.63) is 35.9 Å². The largest absolute Gasteiger partial charge is 0.340 e.